The molecule has 0 unspecified atom stereocenters. The zero-order chi connectivity index (χ0) is 13.7. The lowest BCUT2D eigenvalue weighted by Crippen LogP contribution is -2.07. The van der Waals surface area contributed by atoms with Gasteiger partial charge in [-0.05, 0) is 24.6 Å². The average molecular weight is 239 g/mol. The molecule has 98 valence electrons. The first kappa shape index (κ1) is 17.9. The lowest BCUT2D eigenvalue weighted by molar-refractivity contribution is -0.142. The molecule has 0 saturated heterocycles. The van der Waals surface area contributed by atoms with Gasteiger partial charge in [-0.15, -0.1) is 0 Å². The third-order valence-corrected chi connectivity index (χ3v) is 1.63. The first-order valence-corrected chi connectivity index (χ1v) is 6.22. The molecule has 0 aliphatic carbocycles. The normalized spacial score (nSPS) is 8.06. The Kier molecular flexibility index (Phi) is 13.2. The van der Waals surface area contributed by atoms with Gasteiger partial charge in [0.15, 0.2) is 0 Å². The minimum absolute atomic E-state index is 0.202. The first-order chi connectivity index (χ1) is 8.22. The van der Waals surface area contributed by atoms with Gasteiger partial charge in [-0.1, -0.05) is 39.8 Å². The molecule has 0 fully saturated rings. The standard InChI is InChI=1S/C10H13NO2.2C2H6/c1-2-13-10(12)7-8-3-5-9(11)6-4-8;2*1-2/h3-6H,2,7,11H2,1H3;2*1-2H3. The highest BCUT2D eigenvalue weighted by Gasteiger charge is 2.02. The van der Waals surface area contributed by atoms with E-state index in [-0.39, 0.29) is 5.97 Å². The molecule has 0 radical (unpaired) electrons. The van der Waals surface area contributed by atoms with Gasteiger partial charge in [-0.25, -0.2) is 0 Å². The fourth-order valence-electron chi connectivity index (χ4n) is 1.01. The van der Waals surface area contributed by atoms with Crippen molar-refractivity contribution in [2.45, 2.75) is 41.0 Å². The molecule has 17 heavy (non-hydrogen) atoms. The summed E-state index contributed by atoms with van der Waals surface area (Å²) in [4.78, 5) is 11.0. The molecule has 0 spiro atoms. The highest BCUT2D eigenvalue weighted by atomic mass is 16.5. The van der Waals surface area contributed by atoms with Crippen molar-refractivity contribution in [1.29, 1.82) is 0 Å². The highest BCUT2D eigenvalue weighted by molar-refractivity contribution is 5.72. The molecule has 3 heteroatoms. The molecule has 1 aromatic carbocycles. The zero-order valence-electron chi connectivity index (χ0n) is 11.6. The van der Waals surface area contributed by atoms with Crippen LogP contribution in [0.1, 0.15) is 40.2 Å². The summed E-state index contributed by atoms with van der Waals surface area (Å²) in [7, 11) is 0. The van der Waals surface area contributed by atoms with E-state index in [0.717, 1.165) is 5.56 Å². The number of hydrogen-bond acceptors (Lipinski definition) is 3. The third kappa shape index (κ3) is 9.42. The maximum atomic E-state index is 11.0. The van der Waals surface area contributed by atoms with Crippen molar-refractivity contribution in [1.82, 2.24) is 0 Å². The van der Waals surface area contributed by atoms with E-state index in [1.54, 1.807) is 19.1 Å². The highest BCUT2D eigenvalue weighted by Crippen LogP contribution is 2.06. The number of esters is 1. The van der Waals surface area contributed by atoms with Crippen molar-refractivity contribution < 1.29 is 9.53 Å². The summed E-state index contributed by atoms with van der Waals surface area (Å²) in [5.74, 6) is -0.202. The van der Waals surface area contributed by atoms with Crippen LogP contribution in [0.3, 0.4) is 0 Å². The van der Waals surface area contributed by atoms with Gasteiger partial charge in [0.25, 0.3) is 0 Å². The SMILES string of the molecule is CC.CC.CCOC(=O)Cc1ccc(N)cc1. The van der Waals surface area contributed by atoms with E-state index in [2.05, 4.69) is 0 Å². The summed E-state index contributed by atoms with van der Waals surface area (Å²) in [6, 6.07) is 7.20. The Labute approximate surface area is 105 Å². The van der Waals surface area contributed by atoms with Crippen molar-refractivity contribution in [2.24, 2.45) is 0 Å². The zero-order valence-corrected chi connectivity index (χ0v) is 11.6. The van der Waals surface area contributed by atoms with Gasteiger partial charge >= 0.3 is 5.97 Å². The summed E-state index contributed by atoms with van der Waals surface area (Å²) < 4.78 is 4.81. The molecule has 0 amide bonds. The fourth-order valence-corrected chi connectivity index (χ4v) is 1.01. The quantitative estimate of drug-likeness (QED) is 0.649. The Morgan fingerprint density at radius 3 is 2.00 bits per heavy atom. The number of rotatable bonds is 3. The number of ether oxygens (including phenoxy) is 1. The maximum absolute atomic E-state index is 11.0. The minimum atomic E-state index is -0.202. The van der Waals surface area contributed by atoms with E-state index in [1.807, 2.05) is 39.8 Å². The Hall–Kier alpha value is -1.51. The average Bonchev–Trinajstić information content (AvgIpc) is 2.37. The van der Waals surface area contributed by atoms with E-state index in [4.69, 9.17) is 10.5 Å². The van der Waals surface area contributed by atoms with Gasteiger partial charge in [0.05, 0.1) is 13.0 Å². The summed E-state index contributed by atoms with van der Waals surface area (Å²) in [6.07, 6.45) is 0.314. The molecule has 2 N–H and O–H groups in total. The molecule has 0 heterocycles. The summed E-state index contributed by atoms with van der Waals surface area (Å²) in [5, 5.41) is 0. The number of benzene rings is 1. The van der Waals surface area contributed by atoms with Crippen LogP contribution in [0.25, 0.3) is 0 Å². The number of nitrogens with two attached hydrogens (primary N) is 1. The van der Waals surface area contributed by atoms with Crippen LogP contribution in [0, 0.1) is 0 Å². The van der Waals surface area contributed by atoms with Gasteiger partial charge in [0.2, 0.25) is 0 Å². The molecule has 1 aromatic rings. The van der Waals surface area contributed by atoms with Crippen molar-refractivity contribution in [3.63, 3.8) is 0 Å². The Morgan fingerprint density at radius 1 is 1.12 bits per heavy atom. The van der Waals surface area contributed by atoms with Crippen LogP contribution in [0.15, 0.2) is 24.3 Å². The van der Waals surface area contributed by atoms with Gasteiger partial charge in [0, 0.05) is 5.69 Å². The van der Waals surface area contributed by atoms with Crippen molar-refractivity contribution in [2.75, 3.05) is 12.3 Å². The number of carbonyl (C=O) groups excluding carboxylic acids is 1. The Balaban J connectivity index is 0. The number of carbonyl (C=O) groups is 1. The molecule has 0 aliphatic heterocycles. The van der Waals surface area contributed by atoms with Crippen LogP contribution < -0.4 is 5.73 Å². The van der Waals surface area contributed by atoms with E-state index < -0.39 is 0 Å². The molecule has 3 nitrogen and oxygen atoms in total. The van der Waals surface area contributed by atoms with E-state index >= 15 is 0 Å². The Bertz CT molecular complexity index is 281. The van der Waals surface area contributed by atoms with Gasteiger partial charge < -0.3 is 10.5 Å². The van der Waals surface area contributed by atoms with Gasteiger partial charge in [0.1, 0.15) is 0 Å². The lowest BCUT2D eigenvalue weighted by atomic mass is 10.1. The summed E-state index contributed by atoms with van der Waals surface area (Å²) in [6.45, 7) is 10.2. The number of nitrogen functional groups attached to an aromatic ring is 1. The van der Waals surface area contributed by atoms with Crippen LogP contribution in [-0.2, 0) is 16.0 Å². The van der Waals surface area contributed by atoms with Gasteiger partial charge in [-0.2, -0.15) is 0 Å². The van der Waals surface area contributed by atoms with E-state index in [9.17, 15) is 4.79 Å². The predicted octanol–water partition coefficient (Wildman–Crippen LogP) is 3.43. The molecule has 0 atom stereocenters. The van der Waals surface area contributed by atoms with Crippen LogP contribution in [0.2, 0.25) is 0 Å². The topological polar surface area (TPSA) is 52.3 Å². The van der Waals surface area contributed by atoms with Crippen LogP contribution >= 0.6 is 0 Å². The molecule has 0 bridgehead atoms. The second-order valence-corrected chi connectivity index (χ2v) is 2.72. The van der Waals surface area contributed by atoms with Crippen LogP contribution in [0.5, 0.6) is 0 Å². The summed E-state index contributed by atoms with van der Waals surface area (Å²) >= 11 is 0. The second kappa shape index (κ2) is 12.6. The second-order valence-electron chi connectivity index (χ2n) is 2.72. The molecular formula is C14H25NO2. The van der Waals surface area contributed by atoms with Crippen molar-refractivity contribution in [3.05, 3.63) is 29.8 Å². The van der Waals surface area contributed by atoms with Crippen molar-refractivity contribution in [3.8, 4) is 0 Å². The number of anilines is 1. The fraction of sp³-hybridized carbons (Fsp3) is 0.500. The first-order valence-electron chi connectivity index (χ1n) is 6.22. The minimum Gasteiger partial charge on any atom is -0.466 e. The molecule has 0 aromatic heterocycles. The monoisotopic (exact) mass is 239 g/mol. The van der Waals surface area contributed by atoms with Gasteiger partial charge in [-0.3, -0.25) is 4.79 Å². The van der Waals surface area contributed by atoms with Crippen molar-refractivity contribution >= 4 is 11.7 Å². The largest absolute Gasteiger partial charge is 0.466 e. The number of hydrogen-bond donors (Lipinski definition) is 1. The molecular weight excluding hydrogens is 214 g/mol. The van der Waals surface area contributed by atoms with Crippen LogP contribution in [0.4, 0.5) is 5.69 Å². The molecule has 0 saturated carbocycles. The van der Waals surface area contributed by atoms with Crippen LogP contribution in [-0.4, -0.2) is 12.6 Å². The Morgan fingerprint density at radius 2 is 1.59 bits per heavy atom. The van der Waals surface area contributed by atoms with E-state index in [1.165, 1.54) is 0 Å². The third-order valence-electron chi connectivity index (χ3n) is 1.63. The molecule has 1 rings (SSSR count). The maximum Gasteiger partial charge on any atom is 0.310 e. The summed E-state index contributed by atoms with van der Waals surface area (Å²) in [5.41, 5.74) is 7.13. The lowest BCUT2D eigenvalue weighted by Gasteiger charge is -2.01. The molecule has 0 aliphatic rings. The predicted molar refractivity (Wildman–Crippen MR) is 73.9 cm³/mol. The smallest absolute Gasteiger partial charge is 0.310 e. The van der Waals surface area contributed by atoms with E-state index in [0.29, 0.717) is 18.7 Å².